The van der Waals surface area contributed by atoms with Crippen molar-refractivity contribution in [1.82, 2.24) is 30.0 Å². The number of nitrogens with one attached hydrogen (secondary N) is 1. The highest BCUT2D eigenvalue weighted by atomic mass is 15.3. The average Bonchev–Trinajstić information content (AvgIpc) is 3.02. The van der Waals surface area contributed by atoms with Crippen molar-refractivity contribution in [2.45, 2.75) is 32.4 Å². The van der Waals surface area contributed by atoms with Gasteiger partial charge in [-0.2, -0.15) is 5.10 Å². The standard InChI is InChI=1S/C12H16N6/c1-9-5-14-10(6-13-9)7-18-4-2-3-11(18)12-15-8-16-17-12/h5-6,8,11H,2-4,7H2,1H3,(H,15,16,17)/t11-/m0/s1. The number of likely N-dealkylation sites (tertiary alicyclic amines) is 1. The lowest BCUT2D eigenvalue weighted by Crippen LogP contribution is -2.24. The van der Waals surface area contributed by atoms with Gasteiger partial charge in [-0.25, -0.2) is 4.98 Å². The van der Waals surface area contributed by atoms with Crippen LogP contribution in [0.3, 0.4) is 0 Å². The molecule has 1 saturated heterocycles. The molecule has 1 fully saturated rings. The summed E-state index contributed by atoms with van der Waals surface area (Å²) in [6.07, 6.45) is 7.54. The Morgan fingerprint density at radius 3 is 3.00 bits per heavy atom. The third-order valence-electron chi connectivity index (χ3n) is 3.31. The first-order chi connectivity index (χ1) is 8.83. The molecule has 1 aliphatic heterocycles. The normalized spacial score (nSPS) is 20.4. The Morgan fingerprint density at radius 2 is 2.28 bits per heavy atom. The van der Waals surface area contributed by atoms with Crippen LogP contribution in [0.15, 0.2) is 18.7 Å². The Labute approximate surface area is 105 Å². The van der Waals surface area contributed by atoms with Crippen molar-refractivity contribution < 1.29 is 0 Å². The smallest absolute Gasteiger partial charge is 0.141 e. The molecule has 3 rings (SSSR count). The van der Waals surface area contributed by atoms with Gasteiger partial charge in [-0.3, -0.25) is 20.0 Å². The molecule has 6 nitrogen and oxygen atoms in total. The number of nitrogens with zero attached hydrogens (tertiary/aromatic N) is 5. The fourth-order valence-electron chi connectivity index (χ4n) is 2.41. The molecule has 2 aromatic rings. The van der Waals surface area contributed by atoms with Crippen molar-refractivity contribution in [2.75, 3.05) is 6.54 Å². The molecular formula is C12H16N6. The molecule has 3 heterocycles. The van der Waals surface area contributed by atoms with Gasteiger partial charge in [-0.15, -0.1) is 0 Å². The maximum atomic E-state index is 4.41. The van der Waals surface area contributed by atoms with E-state index in [1.165, 1.54) is 6.42 Å². The number of rotatable bonds is 3. The summed E-state index contributed by atoms with van der Waals surface area (Å²) >= 11 is 0. The second-order valence-corrected chi connectivity index (χ2v) is 4.65. The molecule has 0 saturated carbocycles. The van der Waals surface area contributed by atoms with Crippen LogP contribution >= 0.6 is 0 Å². The summed E-state index contributed by atoms with van der Waals surface area (Å²) in [5, 5.41) is 6.89. The topological polar surface area (TPSA) is 70.6 Å². The quantitative estimate of drug-likeness (QED) is 0.879. The van der Waals surface area contributed by atoms with Crippen molar-refractivity contribution in [3.63, 3.8) is 0 Å². The molecule has 0 spiro atoms. The molecule has 0 bridgehead atoms. The van der Waals surface area contributed by atoms with Gasteiger partial charge in [0.05, 0.1) is 17.4 Å². The van der Waals surface area contributed by atoms with Gasteiger partial charge in [0.2, 0.25) is 0 Å². The highest BCUT2D eigenvalue weighted by molar-refractivity contribution is 5.03. The van der Waals surface area contributed by atoms with Crippen molar-refractivity contribution in [3.8, 4) is 0 Å². The SMILES string of the molecule is Cc1cnc(CN2CCC[C@H]2c2ncn[nH]2)cn1. The van der Waals surface area contributed by atoms with E-state index in [1.807, 2.05) is 19.3 Å². The van der Waals surface area contributed by atoms with Crippen LogP contribution in [0.1, 0.15) is 36.1 Å². The van der Waals surface area contributed by atoms with Gasteiger partial charge in [-0.1, -0.05) is 0 Å². The second kappa shape index (κ2) is 4.81. The zero-order valence-electron chi connectivity index (χ0n) is 10.4. The van der Waals surface area contributed by atoms with E-state index in [4.69, 9.17) is 0 Å². The Kier molecular flexibility index (Phi) is 3.02. The molecular weight excluding hydrogens is 228 g/mol. The molecule has 94 valence electrons. The Balaban J connectivity index is 1.73. The highest BCUT2D eigenvalue weighted by Gasteiger charge is 2.28. The molecule has 2 aromatic heterocycles. The minimum Gasteiger partial charge on any atom is -0.287 e. The van der Waals surface area contributed by atoms with Crippen LogP contribution < -0.4 is 0 Å². The first-order valence-electron chi connectivity index (χ1n) is 6.20. The van der Waals surface area contributed by atoms with Gasteiger partial charge in [-0.05, 0) is 26.3 Å². The molecule has 0 radical (unpaired) electrons. The molecule has 18 heavy (non-hydrogen) atoms. The van der Waals surface area contributed by atoms with E-state index in [0.29, 0.717) is 6.04 Å². The van der Waals surface area contributed by atoms with E-state index in [1.54, 1.807) is 6.33 Å². The van der Waals surface area contributed by atoms with E-state index in [2.05, 4.69) is 30.0 Å². The molecule has 6 heteroatoms. The first-order valence-corrected chi connectivity index (χ1v) is 6.20. The summed E-state index contributed by atoms with van der Waals surface area (Å²) in [5.74, 6) is 0.951. The predicted molar refractivity (Wildman–Crippen MR) is 65.5 cm³/mol. The molecule has 0 amide bonds. The molecule has 0 aromatic carbocycles. The number of aryl methyl sites for hydroxylation is 1. The lowest BCUT2D eigenvalue weighted by Gasteiger charge is -2.21. The summed E-state index contributed by atoms with van der Waals surface area (Å²) in [4.78, 5) is 15.3. The predicted octanol–water partition coefficient (Wildman–Crippen LogP) is 1.24. The summed E-state index contributed by atoms with van der Waals surface area (Å²) in [5.41, 5.74) is 1.96. The van der Waals surface area contributed by atoms with Gasteiger partial charge < -0.3 is 0 Å². The van der Waals surface area contributed by atoms with Crippen LogP contribution in [-0.2, 0) is 6.54 Å². The third-order valence-corrected chi connectivity index (χ3v) is 3.31. The summed E-state index contributed by atoms with van der Waals surface area (Å²) in [6.45, 7) is 3.84. The molecule has 1 N–H and O–H groups in total. The van der Waals surface area contributed by atoms with E-state index in [-0.39, 0.29) is 0 Å². The van der Waals surface area contributed by atoms with E-state index >= 15 is 0 Å². The molecule has 1 aliphatic rings. The van der Waals surface area contributed by atoms with Crippen LogP contribution in [0.2, 0.25) is 0 Å². The van der Waals surface area contributed by atoms with E-state index < -0.39 is 0 Å². The van der Waals surface area contributed by atoms with Gasteiger partial charge in [0.25, 0.3) is 0 Å². The van der Waals surface area contributed by atoms with Gasteiger partial charge in [0.15, 0.2) is 0 Å². The summed E-state index contributed by atoms with van der Waals surface area (Å²) in [6, 6.07) is 0.329. The van der Waals surface area contributed by atoms with Crippen LogP contribution in [0, 0.1) is 6.92 Å². The third kappa shape index (κ3) is 2.24. The van der Waals surface area contributed by atoms with Crippen molar-refractivity contribution in [3.05, 3.63) is 35.9 Å². The average molecular weight is 244 g/mol. The molecule has 1 atom stereocenters. The number of aromatic amines is 1. The number of hydrogen-bond acceptors (Lipinski definition) is 5. The summed E-state index contributed by atoms with van der Waals surface area (Å²) < 4.78 is 0. The lowest BCUT2D eigenvalue weighted by atomic mass is 10.2. The fraction of sp³-hybridized carbons (Fsp3) is 0.500. The zero-order valence-corrected chi connectivity index (χ0v) is 10.4. The minimum atomic E-state index is 0.329. The largest absolute Gasteiger partial charge is 0.287 e. The highest BCUT2D eigenvalue weighted by Crippen LogP contribution is 2.30. The van der Waals surface area contributed by atoms with Crippen molar-refractivity contribution in [2.24, 2.45) is 0 Å². The second-order valence-electron chi connectivity index (χ2n) is 4.65. The minimum absolute atomic E-state index is 0.329. The summed E-state index contributed by atoms with van der Waals surface area (Å²) in [7, 11) is 0. The number of aromatic nitrogens is 5. The monoisotopic (exact) mass is 244 g/mol. The van der Waals surface area contributed by atoms with Crippen molar-refractivity contribution >= 4 is 0 Å². The Morgan fingerprint density at radius 1 is 1.33 bits per heavy atom. The fourth-order valence-corrected chi connectivity index (χ4v) is 2.41. The molecule has 0 unspecified atom stereocenters. The number of hydrogen-bond donors (Lipinski definition) is 1. The van der Waals surface area contributed by atoms with Crippen LogP contribution in [0.5, 0.6) is 0 Å². The maximum Gasteiger partial charge on any atom is 0.141 e. The van der Waals surface area contributed by atoms with Gasteiger partial charge in [0, 0.05) is 18.9 Å². The van der Waals surface area contributed by atoms with E-state index in [0.717, 1.165) is 36.7 Å². The first kappa shape index (κ1) is 11.3. The van der Waals surface area contributed by atoms with E-state index in [9.17, 15) is 0 Å². The molecule has 0 aliphatic carbocycles. The van der Waals surface area contributed by atoms with Gasteiger partial charge in [0.1, 0.15) is 12.2 Å². The maximum absolute atomic E-state index is 4.41. The van der Waals surface area contributed by atoms with Crippen LogP contribution in [0.4, 0.5) is 0 Å². The van der Waals surface area contributed by atoms with Gasteiger partial charge >= 0.3 is 0 Å². The Hall–Kier alpha value is -1.82. The zero-order chi connectivity index (χ0) is 12.4. The van der Waals surface area contributed by atoms with Crippen LogP contribution in [0.25, 0.3) is 0 Å². The van der Waals surface area contributed by atoms with Crippen molar-refractivity contribution in [1.29, 1.82) is 0 Å². The lowest BCUT2D eigenvalue weighted by molar-refractivity contribution is 0.237. The number of H-pyrrole nitrogens is 1. The van der Waals surface area contributed by atoms with Crippen LogP contribution in [-0.4, -0.2) is 36.6 Å². The Bertz CT molecular complexity index is 492.